The number of rotatable bonds is 5. The topological polar surface area (TPSA) is 68.5 Å². The summed E-state index contributed by atoms with van der Waals surface area (Å²) in [4.78, 5) is 21.2. The van der Waals surface area contributed by atoms with Gasteiger partial charge in [-0.05, 0) is 18.2 Å². The highest BCUT2D eigenvalue weighted by molar-refractivity contribution is 6.32. The Kier molecular flexibility index (Phi) is 5.51. The van der Waals surface area contributed by atoms with Gasteiger partial charge in [-0.15, -0.1) is 0 Å². The van der Waals surface area contributed by atoms with E-state index in [1.165, 1.54) is 6.07 Å². The number of amides is 1. The molecule has 0 unspecified atom stereocenters. The number of aromatic nitrogens is 3. The summed E-state index contributed by atoms with van der Waals surface area (Å²) in [6, 6.07) is 15.9. The first-order chi connectivity index (χ1) is 14.8. The molecule has 0 atom stereocenters. The van der Waals surface area contributed by atoms with Crippen molar-refractivity contribution in [1.82, 2.24) is 14.4 Å². The number of nitrogens with zero attached hydrogens (tertiary/aromatic N) is 3. The number of ether oxygens (including phenoxy) is 1. The highest BCUT2D eigenvalue weighted by atomic mass is 35.5. The van der Waals surface area contributed by atoms with Gasteiger partial charge < -0.3 is 10.1 Å². The maximum atomic E-state index is 12.8. The van der Waals surface area contributed by atoms with Gasteiger partial charge in [0.05, 0.1) is 5.56 Å². The van der Waals surface area contributed by atoms with Gasteiger partial charge in [0, 0.05) is 18.0 Å². The zero-order valence-electron chi connectivity index (χ0n) is 15.7. The molecular formula is C21H14ClF3N4O2. The monoisotopic (exact) mass is 446 g/mol. The maximum Gasteiger partial charge on any atom is 0.422 e. The molecule has 0 fully saturated rings. The summed E-state index contributed by atoms with van der Waals surface area (Å²) in [5.41, 5.74) is 2.04. The molecule has 10 heteroatoms. The SMILES string of the molecule is O=C(Nc1c(-c2ccccc2)nc2ccccn12)c1cnc(OCC(F)(F)F)c(Cl)c1. The number of hydrogen-bond donors (Lipinski definition) is 1. The molecule has 0 aliphatic rings. The number of carbonyl (C=O) groups excluding carboxylic acids is 1. The van der Waals surface area contributed by atoms with Crippen LogP contribution in [-0.4, -0.2) is 33.1 Å². The van der Waals surface area contributed by atoms with Gasteiger partial charge in [0.2, 0.25) is 5.88 Å². The van der Waals surface area contributed by atoms with Gasteiger partial charge in [0.15, 0.2) is 6.61 Å². The summed E-state index contributed by atoms with van der Waals surface area (Å²) < 4.78 is 43.3. The van der Waals surface area contributed by atoms with Crippen molar-refractivity contribution in [3.8, 4) is 17.1 Å². The molecule has 31 heavy (non-hydrogen) atoms. The fraction of sp³-hybridized carbons (Fsp3) is 0.0952. The van der Waals surface area contributed by atoms with E-state index >= 15 is 0 Å². The Morgan fingerprint density at radius 3 is 2.58 bits per heavy atom. The Hall–Kier alpha value is -3.59. The fourth-order valence-corrected chi connectivity index (χ4v) is 3.12. The summed E-state index contributed by atoms with van der Waals surface area (Å²) in [6.07, 6.45) is -1.68. The van der Waals surface area contributed by atoms with Crippen LogP contribution >= 0.6 is 11.6 Å². The van der Waals surface area contributed by atoms with E-state index in [1.807, 2.05) is 36.4 Å². The van der Waals surface area contributed by atoms with Crippen molar-refractivity contribution >= 4 is 29.0 Å². The standard InChI is InChI=1S/C21H14ClF3N4O2/c22-15-10-14(11-26-20(15)31-12-21(23,24)25)19(30)28-18-17(13-6-2-1-3-7-13)27-16-8-4-5-9-29(16)18/h1-11H,12H2,(H,28,30). The number of nitrogens with one attached hydrogen (secondary N) is 1. The van der Waals surface area contributed by atoms with E-state index in [0.717, 1.165) is 11.8 Å². The van der Waals surface area contributed by atoms with E-state index in [9.17, 15) is 18.0 Å². The number of fused-ring (bicyclic) bond motifs is 1. The summed E-state index contributed by atoms with van der Waals surface area (Å²) in [5, 5.41) is 2.58. The number of carbonyl (C=O) groups is 1. The second-order valence-corrected chi connectivity index (χ2v) is 6.88. The molecule has 1 amide bonds. The Balaban J connectivity index is 1.64. The zero-order valence-corrected chi connectivity index (χ0v) is 16.5. The van der Waals surface area contributed by atoms with Crippen LogP contribution in [0.3, 0.4) is 0 Å². The Morgan fingerprint density at radius 1 is 1.13 bits per heavy atom. The first-order valence-corrected chi connectivity index (χ1v) is 9.38. The van der Waals surface area contributed by atoms with Gasteiger partial charge in [0.1, 0.15) is 22.2 Å². The third-order valence-corrected chi connectivity index (χ3v) is 4.52. The van der Waals surface area contributed by atoms with Crippen molar-refractivity contribution < 1.29 is 22.7 Å². The number of halogens is 4. The van der Waals surface area contributed by atoms with E-state index in [2.05, 4.69) is 20.0 Å². The Bertz CT molecular complexity index is 1240. The number of imidazole rings is 1. The minimum Gasteiger partial charge on any atom is -0.467 e. The van der Waals surface area contributed by atoms with E-state index in [1.54, 1.807) is 22.7 Å². The number of alkyl halides is 3. The molecule has 1 aromatic carbocycles. The molecule has 3 heterocycles. The number of anilines is 1. The van der Waals surface area contributed by atoms with Gasteiger partial charge in [-0.1, -0.05) is 48.0 Å². The molecule has 0 aliphatic carbocycles. The molecule has 0 aliphatic heterocycles. The van der Waals surface area contributed by atoms with Crippen molar-refractivity contribution in [2.75, 3.05) is 11.9 Å². The van der Waals surface area contributed by atoms with Crippen molar-refractivity contribution in [2.24, 2.45) is 0 Å². The predicted molar refractivity (Wildman–Crippen MR) is 109 cm³/mol. The van der Waals surface area contributed by atoms with Crippen LogP contribution in [-0.2, 0) is 0 Å². The van der Waals surface area contributed by atoms with Crippen LogP contribution < -0.4 is 10.1 Å². The molecule has 0 radical (unpaired) electrons. The van der Waals surface area contributed by atoms with Crippen molar-refractivity contribution in [2.45, 2.75) is 6.18 Å². The van der Waals surface area contributed by atoms with Gasteiger partial charge in [0.25, 0.3) is 5.91 Å². The van der Waals surface area contributed by atoms with E-state index < -0.39 is 24.6 Å². The molecule has 0 saturated carbocycles. The van der Waals surface area contributed by atoms with Gasteiger partial charge in [-0.25, -0.2) is 9.97 Å². The van der Waals surface area contributed by atoms with Crippen LogP contribution in [0.25, 0.3) is 16.9 Å². The van der Waals surface area contributed by atoms with Gasteiger partial charge in [-0.3, -0.25) is 9.20 Å². The lowest BCUT2D eigenvalue weighted by Gasteiger charge is -2.11. The average Bonchev–Trinajstić information content (AvgIpc) is 3.11. The first-order valence-electron chi connectivity index (χ1n) is 9.01. The third kappa shape index (κ3) is 4.61. The summed E-state index contributed by atoms with van der Waals surface area (Å²) in [6.45, 7) is -1.53. The second kappa shape index (κ2) is 8.27. The molecule has 3 aromatic heterocycles. The Morgan fingerprint density at radius 2 is 1.87 bits per heavy atom. The molecule has 4 rings (SSSR count). The number of pyridine rings is 2. The predicted octanol–water partition coefficient (Wildman–Crippen LogP) is 5.24. The molecule has 0 saturated heterocycles. The van der Waals surface area contributed by atoms with Gasteiger partial charge >= 0.3 is 6.18 Å². The Labute approximate surface area is 179 Å². The quantitative estimate of drug-likeness (QED) is 0.455. The number of hydrogen-bond acceptors (Lipinski definition) is 4. The lowest BCUT2D eigenvalue weighted by molar-refractivity contribution is -0.154. The average molecular weight is 447 g/mol. The molecule has 4 aromatic rings. The zero-order chi connectivity index (χ0) is 22.0. The smallest absolute Gasteiger partial charge is 0.422 e. The van der Waals surface area contributed by atoms with Crippen LogP contribution in [0.2, 0.25) is 5.02 Å². The molecule has 1 N–H and O–H groups in total. The number of benzene rings is 1. The van der Waals surface area contributed by atoms with Crippen molar-refractivity contribution in [3.63, 3.8) is 0 Å². The van der Waals surface area contributed by atoms with E-state index in [4.69, 9.17) is 11.6 Å². The van der Waals surface area contributed by atoms with Crippen LogP contribution in [0, 0.1) is 0 Å². The summed E-state index contributed by atoms with van der Waals surface area (Å²) in [7, 11) is 0. The normalized spacial score (nSPS) is 11.5. The lowest BCUT2D eigenvalue weighted by Crippen LogP contribution is -2.20. The fourth-order valence-electron chi connectivity index (χ4n) is 2.90. The van der Waals surface area contributed by atoms with Crippen LogP contribution in [0.4, 0.5) is 19.0 Å². The van der Waals surface area contributed by atoms with Crippen LogP contribution in [0.5, 0.6) is 5.88 Å². The van der Waals surface area contributed by atoms with Crippen molar-refractivity contribution in [1.29, 1.82) is 0 Å². The largest absolute Gasteiger partial charge is 0.467 e. The molecule has 158 valence electrons. The highest BCUT2D eigenvalue weighted by Crippen LogP contribution is 2.30. The van der Waals surface area contributed by atoms with Crippen LogP contribution in [0.1, 0.15) is 10.4 Å². The van der Waals surface area contributed by atoms with Crippen molar-refractivity contribution in [3.05, 3.63) is 77.6 Å². The molecule has 0 bridgehead atoms. The second-order valence-electron chi connectivity index (χ2n) is 6.47. The molecular weight excluding hydrogens is 433 g/mol. The highest BCUT2D eigenvalue weighted by Gasteiger charge is 2.29. The first kappa shape index (κ1) is 20.7. The minimum absolute atomic E-state index is 0.0502. The molecule has 0 spiro atoms. The van der Waals surface area contributed by atoms with E-state index in [0.29, 0.717) is 17.2 Å². The maximum absolute atomic E-state index is 12.8. The lowest BCUT2D eigenvalue weighted by atomic mass is 10.1. The molecule has 6 nitrogen and oxygen atoms in total. The minimum atomic E-state index is -4.53. The third-order valence-electron chi connectivity index (χ3n) is 4.25. The van der Waals surface area contributed by atoms with Crippen LogP contribution in [0.15, 0.2) is 67.0 Å². The summed E-state index contributed by atoms with van der Waals surface area (Å²) >= 11 is 5.95. The van der Waals surface area contributed by atoms with Gasteiger partial charge in [-0.2, -0.15) is 13.2 Å². The summed E-state index contributed by atoms with van der Waals surface area (Å²) in [5.74, 6) is -0.532. The van der Waals surface area contributed by atoms with E-state index in [-0.39, 0.29) is 10.6 Å².